The van der Waals surface area contributed by atoms with E-state index in [1.807, 2.05) is 13.8 Å². The average Bonchev–Trinajstić information content (AvgIpc) is 2.89. The van der Waals surface area contributed by atoms with E-state index in [1.54, 1.807) is 41.4 Å². The second-order valence-corrected chi connectivity index (χ2v) is 5.57. The van der Waals surface area contributed by atoms with E-state index in [9.17, 15) is 9.90 Å². The number of carbonyl (C=O) groups is 1. The third kappa shape index (κ3) is 3.36. The lowest BCUT2D eigenvalue weighted by molar-refractivity contribution is 0.104. The summed E-state index contributed by atoms with van der Waals surface area (Å²) in [5.41, 5.74) is 1.40. The number of phenolic OH excluding ortho intramolecular Hbond substituents is 1. The predicted octanol–water partition coefficient (Wildman–Crippen LogP) is 3.83. The maximum absolute atomic E-state index is 12.0. The number of carbonyl (C=O) groups excluding carboxylic acids is 1. The predicted molar refractivity (Wildman–Crippen MR) is 81.8 cm³/mol. The van der Waals surface area contributed by atoms with Gasteiger partial charge in [0.1, 0.15) is 5.75 Å². The molecule has 0 atom stereocenters. The topological polar surface area (TPSA) is 55.1 Å². The first-order valence-corrected chi connectivity index (χ1v) is 7.02. The van der Waals surface area contributed by atoms with Crippen molar-refractivity contribution in [1.29, 1.82) is 0 Å². The summed E-state index contributed by atoms with van der Waals surface area (Å²) in [6, 6.07) is 5.29. The number of phenols is 1. The Morgan fingerprint density at radius 1 is 1.45 bits per heavy atom. The normalized spacial score (nSPS) is 11.4. The van der Waals surface area contributed by atoms with E-state index in [0.29, 0.717) is 10.0 Å². The Labute approximate surface area is 125 Å². The van der Waals surface area contributed by atoms with Crippen LogP contribution >= 0.6 is 15.9 Å². The van der Waals surface area contributed by atoms with Crippen molar-refractivity contribution in [3.8, 4) is 5.75 Å². The Bertz CT molecular complexity index is 660. The summed E-state index contributed by atoms with van der Waals surface area (Å²) in [6.45, 7) is 4.01. The molecule has 1 heterocycles. The van der Waals surface area contributed by atoms with E-state index >= 15 is 0 Å². The Balaban J connectivity index is 2.13. The SMILES string of the molecule is CC(C)n1cc(C(=O)/C=C/c2ccc(O)c(Br)c2)cn1. The molecular formula is C15H15BrN2O2. The van der Waals surface area contributed by atoms with Crippen molar-refractivity contribution in [3.63, 3.8) is 0 Å². The molecule has 2 aromatic rings. The Morgan fingerprint density at radius 3 is 2.80 bits per heavy atom. The van der Waals surface area contributed by atoms with Crippen LogP contribution in [0.25, 0.3) is 6.08 Å². The molecule has 104 valence electrons. The smallest absolute Gasteiger partial charge is 0.189 e. The second kappa shape index (κ2) is 6.05. The molecule has 0 bridgehead atoms. The summed E-state index contributed by atoms with van der Waals surface area (Å²) in [4.78, 5) is 12.0. The van der Waals surface area contributed by atoms with E-state index in [1.165, 1.54) is 6.08 Å². The van der Waals surface area contributed by atoms with Gasteiger partial charge in [0, 0.05) is 12.2 Å². The number of allylic oxidation sites excluding steroid dienone is 1. The molecule has 0 aliphatic carbocycles. The van der Waals surface area contributed by atoms with E-state index in [-0.39, 0.29) is 17.6 Å². The van der Waals surface area contributed by atoms with E-state index in [4.69, 9.17) is 0 Å². The minimum Gasteiger partial charge on any atom is -0.507 e. The Hall–Kier alpha value is -1.88. The van der Waals surface area contributed by atoms with Crippen molar-refractivity contribution in [1.82, 2.24) is 9.78 Å². The molecule has 2 rings (SSSR count). The maximum atomic E-state index is 12.0. The number of hydrogen-bond acceptors (Lipinski definition) is 3. The standard InChI is InChI=1S/C15H15BrN2O2/c1-10(2)18-9-12(8-17-18)14(19)5-3-11-4-6-15(20)13(16)7-11/h3-10,20H,1-2H3/b5-3+. The minimum atomic E-state index is -0.0962. The lowest BCUT2D eigenvalue weighted by Gasteiger charge is -2.02. The van der Waals surface area contributed by atoms with Crippen LogP contribution in [-0.2, 0) is 0 Å². The van der Waals surface area contributed by atoms with Gasteiger partial charge in [-0.3, -0.25) is 9.48 Å². The number of hydrogen-bond donors (Lipinski definition) is 1. The first-order valence-electron chi connectivity index (χ1n) is 6.22. The van der Waals surface area contributed by atoms with Gasteiger partial charge in [-0.1, -0.05) is 12.1 Å². The first-order chi connectivity index (χ1) is 9.47. The fraction of sp³-hybridized carbons (Fsp3) is 0.200. The largest absolute Gasteiger partial charge is 0.507 e. The number of halogens is 1. The Morgan fingerprint density at radius 2 is 2.20 bits per heavy atom. The number of ketones is 1. The van der Waals surface area contributed by atoms with Crippen LogP contribution in [0.2, 0.25) is 0 Å². The summed E-state index contributed by atoms with van der Waals surface area (Å²) in [7, 11) is 0. The van der Waals surface area contributed by atoms with Crippen molar-refractivity contribution >= 4 is 27.8 Å². The van der Waals surface area contributed by atoms with Crippen molar-refractivity contribution in [3.05, 3.63) is 52.3 Å². The van der Waals surface area contributed by atoms with Crippen LogP contribution in [0.1, 0.15) is 35.8 Å². The maximum Gasteiger partial charge on any atom is 0.189 e. The van der Waals surface area contributed by atoms with Crippen LogP contribution in [0.4, 0.5) is 0 Å². The van der Waals surface area contributed by atoms with Gasteiger partial charge in [-0.05, 0) is 53.5 Å². The second-order valence-electron chi connectivity index (χ2n) is 4.71. The number of aromatic nitrogens is 2. The van der Waals surface area contributed by atoms with E-state index in [2.05, 4.69) is 21.0 Å². The number of aromatic hydroxyl groups is 1. The molecule has 0 aliphatic heterocycles. The van der Waals surface area contributed by atoms with Crippen LogP contribution in [-0.4, -0.2) is 20.7 Å². The molecule has 20 heavy (non-hydrogen) atoms. The van der Waals surface area contributed by atoms with Gasteiger partial charge >= 0.3 is 0 Å². The van der Waals surface area contributed by atoms with Crippen LogP contribution < -0.4 is 0 Å². The molecule has 0 radical (unpaired) electrons. The number of nitrogens with zero attached hydrogens (tertiary/aromatic N) is 2. The van der Waals surface area contributed by atoms with Crippen LogP contribution in [0.15, 0.2) is 41.1 Å². The fourth-order valence-electron chi connectivity index (χ4n) is 1.64. The molecule has 0 spiro atoms. The van der Waals surface area contributed by atoms with Crippen molar-refractivity contribution in [2.75, 3.05) is 0 Å². The highest BCUT2D eigenvalue weighted by molar-refractivity contribution is 9.10. The molecule has 0 unspecified atom stereocenters. The van der Waals surface area contributed by atoms with Gasteiger partial charge in [-0.25, -0.2) is 0 Å². The van der Waals surface area contributed by atoms with Crippen molar-refractivity contribution in [2.45, 2.75) is 19.9 Å². The summed E-state index contributed by atoms with van der Waals surface area (Å²) in [5, 5.41) is 13.5. The monoisotopic (exact) mass is 334 g/mol. The first kappa shape index (κ1) is 14.5. The van der Waals surface area contributed by atoms with Gasteiger partial charge in [0.15, 0.2) is 5.78 Å². The molecule has 0 saturated carbocycles. The molecule has 1 N–H and O–H groups in total. The van der Waals surface area contributed by atoms with Crippen molar-refractivity contribution < 1.29 is 9.90 Å². The summed E-state index contributed by atoms with van der Waals surface area (Å²) < 4.78 is 2.35. The Kier molecular flexibility index (Phi) is 4.39. The third-order valence-corrected chi connectivity index (χ3v) is 3.45. The van der Waals surface area contributed by atoms with Gasteiger partial charge in [0.2, 0.25) is 0 Å². The summed E-state index contributed by atoms with van der Waals surface area (Å²) in [6.07, 6.45) is 6.52. The van der Waals surface area contributed by atoms with Crippen LogP contribution in [0.5, 0.6) is 5.75 Å². The molecule has 0 fully saturated rings. The zero-order valence-corrected chi connectivity index (χ0v) is 12.8. The molecule has 1 aromatic heterocycles. The highest BCUT2D eigenvalue weighted by Gasteiger charge is 2.07. The lowest BCUT2D eigenvalue weighted by atomic mass is 10.1. The summed E-state index contributed by atoms with van der Waals surface area (Å²) in [5.74, 6) is 0.0767. The van der Waals surface area contributed by atoms with Crippen molar-refractivity contribution in [2.24, 2.45) is 0 Å². The highest BCUT2D eigenvalue weighted by Crippen LogP contribution is 2.24. The van der Waals surface area contributed by atoms with Gasteiger partial charge in [0.25, 0.3) is 0 Å². The zero-order valence-electron chi connectivity index (χ0n) is 11.2. The molecule has 0 saturated heterocycles. The quantitative estimate of drug-likeness (QED) is 0.682. The van der Waals surface area contributed by atoms with Gasteiger partial charge in [-0.2, -0.15) is 5.10 Å². The lowest BCUT2D eigenvalue weighted by Crippen LogP contribution is -2.00. The molecule has 5 heteroatoms. The average molecular weight is 335 g/mol. The zero-order chi connectivity index (χ0) is 14.7. The third-order valence-electron chi connectivity index (χ3n) is 2.81. The molecule has 4 nitrogen and oxygen atoms in total. The molecule has 1 aromatic carbocycles. The highest BCUT2D eigenvalue weighted by atomic mass is 79.9. The van der Waals surface area contributed by atoms with Crippen LogP contribution in [0, 0.1) is 0 Å². The van der Waals surface area contributed by atoms with Gasteiger partial charge in [0.05, 0.1) is 16.2 Å². The van der Waals surface area contributed by atoms with E-state index in [0.717, 1.165) is 5.56 Å². The summed E-state index contributed by atoms with van der Waals surface area (Å²) >= 11 is 3.24. The molecule has 0 amide bonds. The minimum absolute atomic E-state index is 0.0962. The van der Waals surface area contributed by atoms with Gasteiger partial charge in [-0.15, -0.1) is 0 Å². The molecular weight excluding hydrogens is 320 g/mol. The molecule has 0 aliphatic rings. The fourth-order valence-corrected chi connectivity index (χ4v) is 2.04. The van der Waals surface area contributed by atoms with Gasteiger partial charge < -0.3 is 5.11 Å². The van der Waals surface area contributed by atoms with E-state index < -0.39 is 0 Å². The van der Waals surface area contributed by atoms with Crippen LogP contribution in [0.3, 0.4) is 0 Å². The number of benzene rings is 1. The number of rotatable bonds is 4.